The lowest BCUT2D eigenvalue weighted by Crippen LogP contribution is -2.30. The molecule has 5 nitrogen and oxygen atoms in total. The Labute approximate surface area is 166 Å². The van der Waals surface area contributed by atoms with E-state index < -0.39 is 15.9 Å². The Hall–Kier alpha value is -2.90. The Morgan fingerprint density at radius 3 is 2.14 bits per heavy atom. The molecule has 144 valence electrons. The van der Waals surface area contributed by atoms with E-state index in [2.05, 4.69) is 0 Å². The molecule has 0 bridgehead atoms. The second-order valence-electron chi connectivity index (χ2n) is 5.83. The molecule has 8 heteroatoms. The molecule has 0 heterocycles. The lowest BCUT2D eigenvalue weighted by atomic mass is 10.2. The van der Waals surface area contributed by atoms with Crippen LogP contribution >= 0.6 is 11.6 Å². The van der Waals surface area contributed by atoms with Gasteiger partial charge in [0.05, 0.1) is 4.90 Å². The molecular formula is C20H15ClFNO4S. The maximum Gasteiger partial charge on any atom is 0.265 e. The highest BCUT2D eigenvalue weighted by Gasteiger charge is 2.18. The van der Waals surface area contributed by atoms with Gasteiger partial charge < -0.3 is 4.74 Å². The first-order valence-electron chi connectivity index (χ1n) is 8.13. The molecule has 0 fully saturated rings. The van der Waals surface area contributed by atoms with Gasteiger partial charge in [0.25, 0.3) is 15.9 Å². The maximum atomic E-state index is 12.9. The Morgan fingerprint density at radius 2 is 1.54 bits per heavy atom. The van der Waals surface area contributed by atoms with E-state index in [1.54, 1.807) is 24.3 Å². The summed E-state index contributed by atoms with van der Waals surface area (Å²) in [5, 5.41) is 0.390. The number of rotatable bonds is 6. The van der Waals surface area contributed by atoms with Crippen molar-refractivity contribution >= 4 is 27.5 Å². The zero-order chi connectivity index (χ0) is 20.1. The molecule has 1 amide bonds. The third-order valence-electron chi connectivity index (χ3n) is 3.79. The van der Waals surface area contributed by atoms with Crippen LogP contribution in [0.2, 0.25) is 5.02 Å². The van der Waals surface area contributed by atoms with Gasteiger partial charge in [0, 0.05) is 10.6 Å². The molecule has 3 aromatic carbocycles. The molecule has 28 heavy (non-hydrogen) atoms. The number of halogens is 2. The number of sulfonamides is 1. The minimum absolute atomic E-state index is 0.0653. The number of hydrogen-bond donors (Lipinski definition) is 1. The number of carbonyl (C=O) groups is 1. The summed E-state index contributed by atoms with van der Waals surface area (Å²) in [7, 11) is -4.00. The molecule has 0 atom stereocenters. The number of nitrogens with one attached hydrogen (secondary N) is 1. The molecule has 0 aliphatic heterocycles. The van der Waals surface area contributed by atoms with Gasteiger partial charge in [-0.15, -0.1) is 0 Å². The van der Waals surface area contributed by atoms with Crippen LogP contribution in [0.15, 0.2) is 77.7 Å². The lowest BCUT2D eigenvalue weighted by molar-refractivity contribution is 0.0981. The van der Waals surface area contributed by atoms with Gasteiger partial charge in [0.2, 0.25) is 0 Å². The van der Waals surface area contributed by atoms with Crippen molar-refractivity contribution in [3.8, 4) is 5.75 Å². The van der Waals surface area contributed by atoms with Crippen LogP contribution in [0, 0.1) is 5.82 Å². The molecule has 0 aliphatic rings. The molecule has 0 radical (unpaired) electrons. The van der Waals surface area contributed by atoms with Crippen molar-refractivity contribution in [3.63, 3.8) is 0 Å². The van der Waals surface area contributed by atoms with Crippen LogP contribution in [-0.2, 0) is 16.6 Å². The molecular weight excluding hydrogens is 405 g/mol. The summed E-state index contributed by atoms with van der Waals surface area (Å²) >= 11 is 5.74. The first-order valence-corrected chi connectivity index (χ1v) is 10.00. The average molecular weight is 420 g/mol. The van der Waals surface area contributed by atoms with E-state index in [0.717, 1.165) is 5.56 Å². The first-order chi connectivity index (χ1) is 13.3. The molecule has 3 aromatic rings. The summed E-state index contributed by atoms with van der Waals surface area (Å²) in [5.74, 6) is -0.603. The summed E-state index contributed by atoms with van der Waals surface area (Å²) < 4.78 is 45.0. The van der Waals surface area contributed by atoms with Gasteiger partial charge in [-0.2, -0.15) is 0 Å². The standard InChI is InChI=1S/C20H15ClFNO4S/c21-16-5-11-19(12-6-16)28(25,26)23-20(24)15-3-9-18(10-4-15)27-13-14-1-7-17(22)8-2-14/h1-12H,13H2,(H,23,24). The third-order valence-corrected chi connectivity index (χ3v) is 5.39. The molecule has 0 unspecified atom stereocenters. The Morgan fingerprint density at radius 1 is 0.929 bits per heavy atom. The van der Waals surface area contributed by atoms with Crippen molar-refractivity contribution in [2.75, 3.05) is 0 Å². The normalized spacial score (nSPS) is 11.1. The van der Waals surface area contributed by atoms with Crippen LogP contribution < -0.4 is 9.46 Å². The van der Waals surface area contributed by atoms with Gasteiger partial charge in [-0.1, -0.05) is 23.7 Å². The Bertz CT molecular complexity index is 1070. The first kappa shape index (κ1) is 19.9. The highest BCUT2D eigenvalue weighted by atomic mass is 35.5. The number of carbonyl (C=O) groups excluding carboxylic acids is 1. The summed E-state index contributed by atoms with van der Waals surface area (Å²) in [6, 6.07) is 17.4. The van der Waals surface area contributed by atoms with Crippen molar-refractivity contribution in [1.29, 1.82) is 0 Å². The molecule has 1 N–H and O–H groups in total. The van der Waals surface area contributed by atoms with Crippen molar-refractivity contribution in [2.24, 2.45) is 0 Å². The number of amides is 1. The van der Waals surface area contributed by atoms with E-state index in [0.29, 0.717) is 10.8 Å². The van der Waals surface area contributed by atoms with Crippen LogP contribution in [0.5, 0.6) is 5.75 Å². The summed E-state index contributed by atoms with van der Waals surface area (Å²) in [4.78, 5) is 12.2. The monoisotopic (exact) mass is 419 g/mol. The van der Waals surface area contributed by atoms with Crippen LogP contribution in [-0.4, -0.2) is 14.3 Å². The predicted octanol–water partition coefficient (Wildman–Crippen LogP) is 4.18. The van der Waals surface area contributed by atoms with E-state index in [1.807, 2.05) is 4.72 Å². The second kappa shape index (κ2) is 8.41. The van der Waals surface area contributed by atoms with E-state index in [9.17, 15) is 17.6 Å². The summed E-state index contributed by atoms with van der Waals surface area (Å²) in [5.41, 5.74) is 0.948. The highest BCUT2D eigenvalue weighted by Crippen LogP contribution is 2.17. The fourth-order valence-corrected chi connectivity index (χ4v) is 3.40. The highest BCUT2D eigenvalue weighted by molar-refractivity contribution is 7.90. The second-order valence-corrected chi connectivity index (χ2v) is 7.95. The molecule has 0 saturated heterocycles. The topological polar surface area (TPSA) is 72.5 Å². The largest absolute Gasteiger partial charge is 0.489 e. The molecule has 0 aromatic heterocycles. The fourth-order valence-electron chi connectivity index (χ4n) is 2.30. The molecule has 3 rings (SSSR count). The van der Waals surface area contributed by atoms with Crippen LogP contribution in [0.4, 0.5) is 4.39 Å². The third kappa shape index (κ3) is 5.09. The van der Waals surface area contributed by atoms with Crippen molar-refractivity contribution in [2.45, 2.75) is 11.5 Å². The van der Waals surface area contributed by atoms with E-state index in [1.165, 1.54) is 48.5 Å². The van der Waals surface area contributed by atoms with Crippen molar-refractivity contribution < 1.29 is 22.3 Å². The SMILES string of the molecule is O=C(NS(=O)(=O)c1ccc(Cl)cc1)c1ccc(OCc2ccc(F)cc2)cc1. The number of ether oxygens (including phenoxy) is 1. The van der Waals surface area contributed by atoms with Gasteiger partial charge in [0.15, 0.2) is 0 Å². The number of hydrogen-bond acceptors (Lipinski definition) is 4. The van der Waals surface area contributed by atoms with E-state index in [4.69, 9.17) is 16.3 Å². The minimum Gasteiger partial charge on any atom is -0.489 e. The quantitative estimate of drug-likeness (QED) is 0.650. The minimum atomic E-state index is -4.00. The van der Waals surface area contributed by atoms with Gasteiger partial charge in [-0.3, -0.25) is 4.79 Å². The van der Waals surface area contributed by atoms with E-state index >= 15 is 0 Å². The Balaban J connectivity index is 1.63. The maximum absolute atomic E-state index is 12.9. The van der Waals surface area contributed by atoms with Crippen molar-refractivity contribution in [3.05, 3.63) is 94.8 Å². The zero-order valence-electron chi connectivity index (χ0n) is 14.4. The van der Waals surface area contributed by atoms with Crippen LogP contribution in [0.25, 0.3) is 0 Å². The van der Waals surface area contributed by atoms with Crippen LogP contribution in [0.3, 0.4) is 0 Å². The van der Waals surface area contributed by atoms with Crippen LogP contribution in [0.1, 0.15) is 15.9 Å². The molecule has 0 aliphatic carbocycles. The average Bonchev–Trinajstić information content (AvgIpc) is 2.68. The van der Waals surface area contributed by atoms with Gasteiger partial charge >= 0.3 is 0 Å². The van der Waals surface area contributed by atoms with Gasteiger partial charge in [0.1, 0.15) is 18.2 Å². The fraction of sp³-hybridized carbons (Fsp3) is 0.0500. The molecule has 0 spiro atoms. The predicted molar refractivity (Wildman–Crippen MR) is 103 cm³/mol. The smallest absolute Gasteiger partial charge is 0.265 e. The zero-order valence-corrected chi connectivity index (χ0v) is 16.0. The van der Waals surface area contributed by atoms with Gasteiger partial charge in [-0.05, 0) is 66.2 Å². The lowest BCUT2D eigenvalue weighted by Gasteiger charge is -2.09. The van der Waals surface area contributed by atoms with Crippen molar-refractivity contribution in [1.82, 2.24) is 4.72 Å². The Kier molecular flexibility index (Phi) is 5.96. The summed E-state index contributed by atoms with van der Waals surface area (Å²) in [6.45, 7) is 0.233. The van der Waals surface area contributed by atoms with E-state index in [-0.39, 0.29) is 22.9 Å². The summed E-state index contributed by atoms with van der Waals surface area (Å²) in [6.07, 6.45) is 0. The number of benzene rings is 3. The van der Waals surface area contributed by atoms with Gasteiger partial charge in [-0.25, -0.2) is 17.5 Å². The molecule has 0 saturated carbocycles.